The van der Waals surface area contributed by atoms with Gasteiger partial charge in [0.05, 0.1) is 11.0 Å². The first-order valence-electron chi connectivity index (χ1n) is 6.99. The molecule has 116 valence electrons. The van der Waals surface area contributed by atoms with E-state index in [0.717, 1.165) is 6.42 Å². The Labute approximate surface area is 130 Å². The largest absolute Gasteiger partial charge is 0.353 e. The molecule has 2 rings (SSSR count). The highest BCUT2D eigenvalue weighted by Crippen LogP contribution is 2.37. The van der Waals surface area contributed by atoms with Gasteiger partial charge in [-0.05, 0) is 38.3 Å². The fourth-order valence-corrected chi connectivity index (χ4v) is 4.36. The van der Waals surface area contributed by atoms with Crippen LogP contribution in [0.2, 0.25) is 0 Å². The second-order valence-corrected chi connectivity index (χ2v) is 9.25. The van der Waals surface area contributed by atoms with Crippen LogP contribution in [0.1, 0.15) is 24.5 Å². The Morgan fingerprint density at radius 3 is 2.86 bits per heavy atom. The number of carbonyl (C=O) groups is 1. The van der Waals surface area contributed by atoms with Crippen molar-refractivity contribution in [2.45, 2.75) is 42.9 Å². The topological polar surface area (TPSA) is 63.2 Å². The van der Waals surface area contributed by atoms with E-state index in [1.807, 2.05) is 13.8 Å². The van der Waals surface area contributed by atoms with Gasteiger partial charge in [-0.2, -0.15) is 0 Å². The van der Waals surface area contributed by atoms with Crippen molar-refractivity contribution < 1.29 is 13.2 Å². The number of hydrogen-bond acceptors (Lipinski definition) is 4. The van der Waals surface area contributed by atoms with E-state index in [9.17, 15) is 13.2 Å². The quantitative estimate of drug-likeness (QED) is 0.898. The van der Waals surface area contributed by atoms with Gasteiger partial charge in [0, 0.05) is 17.2 Å². The number of sulfone groups is 1. The minimum absolute atomic E-state index is 0.00476. The maximum atomic E-state index is 12.3. The van der Waals surface area contributed by atoms with E-state index in [1.165, 1.54) is 22.3 Å². The molecule has 0 aromatic heterocycles. The Morgan fingerprint density at radius 2 is 2.19 bits per heavy atom. The normalized spacial score (nSPS) is 19.1. The van der Waals surface area contributed by atoms with Gasteiger partial charge in [-0.1, -0.05) is 17.7 Å². The third kappa shape index (κ3) is 4.74. The van der Waals surface area contributed by atoms with Crippen molar-refractivity contribution in [3.63, 3.8) is 0 Å². The summed E-state index contributed by atoms with van der Waals surface area (Å²) in [5.74, 6) is 0.0981. The van der Waals surface area contributed by atoms with E-state index in [-0.39, 0.29) is 23.0 Å². The molecule has 2 unspecified atom stereocenters. The SMILES string of the molecule is Cc1ccc2c(c1)SC(C(=O)NC(C)CCS(C)(=O)=O)C2. The van der Waals surface area contributed by atoms with Gasteiger partial charge in [0.2, 0.25) is 5.91 Å². The molecule has 21 heavy (non-hydrogen) atoms. The number of benzene rings is 1. The van der Waals surface area contributed by atoms with Gasteiger partial charge in [0.1, 0.15) is 9.84 Å². The lowest BCUT2D eigenvalue weighted by molar-refractivity contribution is -0.121. The summed E-state index contributed by atoms with van der Waals surface area (Å²) in [5, 5.41) is 2.81. The van der Waals surface area contributed by atoms with Crippen LogP contribution in [0, 0.1) is 6.92 Å². The maximum absolute atomic E-state index is 12.3. The smallest absolute Gasteiger partial charge is 0.234 e. The highest BCUT2D eigenvalue weighted by molar-refractivity contribution is 8.01. The van der Waals surface area contributed by atoms with E-state index in [4.69, 9.17) is 0 Å². The van der Waals surface area contributed by atoms with Crippen LogP contribution in [0.4, 0.5) is 0 Å². The lowest BCUT2D eigenvalue weighted by atomic mass is 10.1. The Balaban J connectivity index is 1.88. The van der Waals surface area contributed by atoms with E-state index >= 15 is 0 Å². The van der Waals surface area contributed by atoms with Gasteiger partial charge in [-0.15, -0.1) is 11.8 Å². The van der Waals surface area contributed by atoms with Crippen LogP contribution in [-0.4, -0.2) is 37.6 Å². The first-order valence-corrected chi connectivity index (χ1v) is 9.93. The third-order valence-electron chi connectivity index (χ3n) is 3.50. The highest BCUT2D eigenvalue weighted by Gasteiger charge is 2.28. The van der Waals surface area contributed by atoms with Crippen molar-refractivity contribution in [1.29, 1.82) is 0 Å². The molecule has 0 saturated heterocycles. The average molecular weight is 327 g/mol. The molecule has 2 atom stereocenters. The van der Waals surface area contributed by atoms with Crippen LogP contribution in [0.3, 0.4) is 0 Å². The molecule has 0 spiro atoms. The first kappa shape index (κ1) is 16.4. The van der Waals surface area contributed by atoms with Gasteiger partial charge >= 0.3 is 0 Å². The summed E-state index contributed by atoms with van der Waals surface area (Å²) >= 11 is 1.59. The summed E-state index contributed by atoms with van der Waals surface area (Å²) in [5.41, 5.74) is 2.42. The van der Waals surface area contributed by atoms with Gasteiger partial charge in [0.25, 0.3) is 0 Å². The predicted octanol–water partition coefficient (Wildman–Crippen LogP) is 1.95. The van der Waals surface area contributed by atoms with E-state index in [0.29, 0.717) is 6.42 Å². The van der Waals surface area contributed by atoms with Gasteiger partial charge < -0.3 is 5.32 Å². The van der Waals surface area contributed by atoms with Crippen LogP contribution in [0.5, 0.6) is 0 Å². The summed E-state index contributed by atoms with van der Waals surface area (Å²) in [6.45, 7) is 3.89. The van der Waals surface area contributed by atoms with Gasteiger partial charge in [0.15, 0.2) is 0 Å². The number of aryl methyl sites for hydroxylation is 1. The minimum Gasteiger partial charge on any atom is -0.353 e. The van der Waals surface area contributed by atoms with Crippen LogP contribution < -0.4 is 5.32 Å². The van der Waals surface area contributed by atoms with Crippen molar-refractivity contribution in [3.05, 3.63) is 29.3 Å². The van der Waals surface area contributed by atoms with Crippen LogP contribution in [0.25, 0.3) is 0 Å². The fraction of sp³-hybridized carbons (Fsp3) is 0.533. The Bertz CT molecular complexity index is 640. The summed E-state index contributed by atoms with van der Waals surface area (Å²) in [4.78, 5) is 13.4. The zero-order chi connectivity index (χ0) is 15.6. The van der Waals surface area contributed by atoms with E-state index in [1.54, 1.807) is 11.8 Å². The maximum Gasteiger partial charge on any atom is 0.234 e. The van der Waals surface area contributed by atoms with Gasteiger partial charge in [-0.3, -0.25) is 4.79 Å². The second kappa shape index (κ2) is 6.40. The van der Waals surface area contributed by atoms with Crippen LogP contribution in [-0.2, 0) is 21.1 Å². The Morgan fingerprint density at radius 1 is 1.48 bits per heavy atom. The van der Waals surface area contributed by atoms with Crippen molar-refractivity contribution in [2.24, 2.45) is 0 Å². The van der Waals surface area contributed by atoms with E-state index < -0.39 is 9.84 Å². The number of hydrogen-bond donors (Lipinski definition) is 1. The zero-order valence-electron chi connectivity index (χ0n) is 12.5. The number of thioether (sulfide) groups is 1. The molecule has 1 aromatic rings. The van der Waals surface area contributed by atoms with E-state index in [2.05, 4.69) is 23.5 Å². The molecule has 1 N–H and O–H groups in total. The first-order chi connectivity index (χ1) is 9.74. The van der Waals surface area contributed by atoms with Crippen LogP contribution >= 0.6 is 11.8 Å². The molecule has 0 fully saturated rings. The molecular weight excluding hydrogens is 306 g/mol. The number of carbonyl (C=O) groups excluding carboxylic acids is 1. The summed E-state index contributed by atoms with van der Waals surface area (Å²) < 4.78 is 22.3. The minimum atomic E-state index is -2.98. The average Bonchev–Trinajstić information content (AvgIpc) is 2.78. The molecule has 4 nitrogen and oxygen atoms in total. The summed E-state index contributed by atoms with van der Waals surface area (Å²) in [7, 11) is -2.98. The van der Waals surface area contributed by atoms with Crippen molar-refractivity contribution in [2.75, 3.05) is 12.0 Å². The van der Waals surface area contributed by atoms with Crippen molar-refractivity contribution in [3.8, 4) is 0 Å². The lowest BCUT2D eigenvalue weighted by Gasteiger charge is -2.16. The molecule has 1 aliphatic heterocycles. The molecule has 0 bridgehead atoms. The Hall–Kier alpha value is -1.01. The number of fused-ring (bicyclic) bond motifs is 1. The van der Waals surface area contributed by atoms with Crippen molar-refractivity contribution >= 4 is 27.5 Å². The predicted molar refractivity (Wildman–Crippen MR) is 86.5 cm³/mol. The highest BCUT2D eigenvalue weighted by atomic mass is 32.2. The fourth-order valence-electron chi connectivity index (χ4n) is 2.28. The number of amides is 1. The molecule has 6 heteroatoms. The zero-order valence-corrected chi connectivity index (χ0v) is 14.2. The standard InChI is InChI=1S/C15H21NO3S2/c1-10-4-5-12-9-14(20-13(12)8-10)15(17)16-11(2)6-7-21(3,18)19/h4-5,8,11,14H,6-7,9H2,1-3H3,(H,16,17). The molecular formula is C15H21NO3S2. The molecule has 0 radical (unpaired) electrons. The van der Waals surface area contributed by atoms with Gasteiger partial charge in [-0.25, -0.2) is 8.42 Å². The summed E-state index contributed by atoms with van der Waals surface area (Å²) in [6, 6.07) is 6.13. The molecule has 0 saturated carbocycles. The summed E-state index contributed by atoms with van der Waals surface area (Å²) in [6.07, 6.45) is 2.41. The molecule has 1 amide bonds. The molecule has 1 heterocycles. The van der Waals surface area contributed by atoms with Crippen LogP contribution in [0.15, 0.2) is 23.1 Å². The monoisotopic (exact) mass is 327 g/mol. The van der Waals surface area contributed by atoms with Crippen molar-refractivity contribution in [1.82, 2.24) is 5.32 Å². The molecule has 1 aliphatic rings. The third-order valence-corrected chi connectivity index (χ3v) is 5.78. The lowest BCUT2D eigenvalue weighted by Crippen LogP contribution is -2.39. The Kier molecular flexibility index (Phi) is 4.99. The number of rotatable bonds is 5. The molecule has 0 aliphatic carbocycles. The number of nitrogens with one attached hydrogen (secondary N) is 1. The molecule has 1 aromatic carbocycles. The second-order valence-electron chi connectivity index (χ2n) is 5.75.